The van der Waals surface area contributed by atoms with Gasteiger partial charge in [-0.25, -0.2) is 0 Å². The minimum Gasteiger partial charge on any atom is -0.381 e. The minimum absolute atomic E-state index is 0.0133. The molecule has 4 rings (SSSR count). The fraction of sp³-hybridized carbons (Fsp3) is 0.700. The van der Waals surface area contributed by atoms with Crippen LogP contribution in [0, 0.1) is 5.41 Å². The van der Waals surface area contributed by atoms with Crippen molar-refractivity contribution in [3.63, 3.8) is 0 Å². The normalized spacial score (nSPS) is 25.7. The van der Waals surface area contributed by atoms with Crippen LogP contribution in [0.25, 0.3) is 0 Å². The summed E-state index contributed by atoms with van der Waals surface area (Å²) in [6, 6.07) is 3.39. The molecule has 0 bridgehead atoms. The largest absolute Gasteiger partial charge is 0.381 e. The molecule has 6 nitrogen and oxygen atoms in total. The summed E-state index contributed by atoms with van der Waals surface area (Å²) in [5, 5.41) is 0. The number of rotatable bonds is 2. The summed E-state index contributed by atoms with van der Waals surface area (Å²) in [6.07, 6.45) is 7.74. The first kappa shape index (κ1) is 17.6. The molecule has 3 saturated heterocycles. The highest BCUT2D eigenvalue weighted by molar-refractivity contribution is 5.97. The maximum Gasteiger partial charge on any atom is 0.271 e. The maximum absolute atomic E-state index is 13.5. The number of aromatic nitrogens is 1. The Kier molecular flexibility index (Phi) is 4.78. The molecule has 0 aliphatic carbocycles. The van der Waals surface area contributed by atoms with E-state index in [1.807, 2.05) is 39.7 Å². The van der Waals surface area contributed by atoms with Crippen LogP contribution in [0.15, 0.2) is 18.3 Å². The van der Waals surface area contributed by atoms with E-state index in [9.17, 15) is 9.59 Å². The second kappa shape index (κ2) is 7.06. The van der Waals surface area contributed by atoms with Gasteiger partial charge in [0.15, 0.2) is 0 Å². The first-order valence-corrected chi connectivity index (χ1v) is 9.91. The quantitative estimate of drug-likeness (QED) is 0.812. The summed E-state index contributed by atoms with van der Waals surface area (Å²) in [7, 11) is 1.89. The number of aryl methyl sites for hydroxylation is 1. The third-order valence-corrected chi connectivity index (χ3v) is 6.53. The number of hydrogen-bond donors (Lipinski definition) is 0. The molecule has 26 heavy (non-hydrogen) atoms. The minimum atomic E-state index is -0.347. The summed E-state index contributed by atoms with van der Waals surface area (Å²) < 4.78 is 7.46. The molecule has 3 aliphatic rings. The van der Waals surface area contributed by atoms with E-state index in [1.165, 1.54) is 0 Å². The molecular formula is C20H29N3O3. The van der Waals surface area contributed by atoms with E-state index >= 15 is 0 Å². The Morgan fingerprint density at radius 3 is 2.46 bits per heavy atom. The Morgan fingerprint density at radius 1 is 1.08 bits per heavy atom. The average Bonchev–Trinajstić information content (AvgIpc) is 3.33. The van der Waals surface area contributed by atoms with E-state index in [-0.39, 0.29) is 23.3 Å². The Balaban J connectivity index is 1.69. The molecule has 4 heterocycles. The van der Waals surface area contributed by atoms with E-state index < -0.39 is 0 Å². The van der Waals surface area contributed by atoms with Crippen LogP contribution in [0.1, 0.15) is 49.0 Å². The van der Waals surface area contributed by atoms with Crippen molar-refractivity contribution in [2.24, 2.45) is 12.5 Å². The monoisotopic (exact) mass is 359 g/mol. The Hall–Kier alpha value is -1.82. The van der Waals surface area contributed by atoms with Crippen molar-refractivity contribution in [1.29, 1.82) is 0 Å². The number of carbonyl (C=O) groups is 2. The zero-order chi connectivity index (χ0) is 18.1. The van der Waals surface area contributed by atoms with E-state index in [4.69, 9.17) is 4.74 Å². The van der Waals surface area contributed by atoms with Gasteiger partial charge in [0.1, 0.15) is 11.7 Å². The molecule has 3 fully saturated rings. The van der Waals surface area contributed by atoms with Crippen molar-refractivity contribution >= 4 is 11.8 Å². The Morgan fingerprint density at radius 2 is 1.81 bits per heavy atom. The van der Waals surface area contributed by atoms with Gasteiger partial charge in [-0.3, -0.25) is 9.59 Å². The second-order valence-electron chi connectivity index (χ2n) is 8.02. The van der Waals surface area contributed by atoms with E-state index in [1.54, 1.807) is 0 Å². The Labute approximate surface area is 155 Å². The van der Waals surface area contributed by atoms with Crippen molar-refractivity contribution in [2.45, 2.75) is 44.6 Å². The second-order valence-corrected chi connectivity index (χ2v) is 8.02. The van der Waals surface area contributed by atoms with E-state index in [0.717, 1.165) is 51.6 Å². The molecule has 3 aliphatic heterocycles. The first-order chi connectivity index (χ1) is 12.6. The average molecular weight is 359 g/mol. The van der Waals surface area contributed by atoms with Crippen molar-refractivity contribution in [1.82, 2.24) is 14.4 Å². The summed E-state index contributed by atoms with van der Waals surface area (Å²) in [6.45, 7) is 3.70. The van der Waals surface area contributed by atoms with Gasteiger partial charge in [-0.15, -0.1) is 0 Å². The topological polar surface area (TPSA) is 54.8 Å². The Bertz CT molecular complexity index is 666. The van der Waals surface area contributed by atoms with E-state index in [0.29, 0.717) is 25.5 Å². The van der Waals surface area contributed by atoms with Crippen molar-refractivity contribution in [3.05, 3.63) is 24.0 Å². The van der Waals surface area contributed by atoms with Gasteiger partial charge in [-0.1, -0.05) is 0 Å². The number of piperidine rings is 1. The highest BCUT2D eigenvalue weighted by Crippen LogP contribution is 2.45. The van der Waals surface area contributed by atoms with Crippen molar-refractivity contribution < 1.29 is 14.3 Å². The fourth-order valence-corrected chi connectivity index (χ4v) is 5.05. The number of hydrogen-bond acceptors (Lipinski definition) is 3. The third-order valence-electron chi connectivity index (χ3n) is 6.53. The number of carbonyl (C=O) groups excluding carboxylic acids is 2. The van der Waals surface area contributed by atoms with Crippen LogP contribution in [-0.2, 0) is 16.6 Å². The molecule has 1 aromatic heterocycles. The SMILES string of the molecule is Cn1cccc1C(=O)N1CCCC2(CCOCC2)C1C(=O)N1CCCC1. The molecule has 1 spiro atoms. The van der Waals surface area contributed by atoms with Gasteiger partial charge in [-0.2, -0.15) is 0 Å². The molecule has 0 aromatic carbocycles. The molecule has 0 saturated carbocycles. The lowest BCUT2D eigenvalue weighted by Crippen LogP contribution is -2.62. The standard InChI is InChI=1S/C20H29N3O3/c1-21-10-4-6-16(21)18(24)23-13-5-7-20(8-14-26-15-9-20)17(23)19(25)22-11-2-3-12-22/h4,6,10,17H,2-3,5,7-9,11-15H2,1H3. The lowest BCUT2D eigenvalue weighted by atomic mass is 9.67. The van der Waals surface area contributed by atoms with E-state index in [2.05, 4.69) is 0 Å². The predicted octanol–water partition coefficient (Wildman–Crippen LogP) is 2.05. The lowest BCUT2D eigenvalue weighted by Gasteiger charge is -2.51. The van der Waals surface area contributed by atoms with Crippen molar-refractivity contribution in [3.8, 4) is 0 Å². The highest BCUT2D eigenvalue weighted by atomic mass is 16.5. The molecule has 142 valence electrons. The zero-order valence-corrected chi connectivity index (χ0v) is 15.7. The van der Waals surface area contributed by atoms with Gasteiger partial charge in [0.25, 0.3) is 5.91 Å². The number of likely N-dealkylation sites (tertiary alicyclic amines) is 2. The number of nitrogens with zero attached hydrogens (tertiary/aromatic N) is 3. The van der Waals surface area contributed by atoms with Crippen LogP contribution >= 0.6 is 0 Å². The molecule has 2 amide bonds. The van der Waals surface area contributed by atoms with Gasteiger partial charge >= 0.3 is 0 Å². The zero-order valence-electron chi connectivity index (χ0n) is 15.7. The molecule has 0 N–H and O–H groups in total. The predicted molar refractivity (Wildman–Crippen MR) is 97.8 cm³/mol. The van der Waals surface area contributed by atoms with Gasteiger partial charge < -0.3 is 19.1 Å². The van der Waals surface area contributed by atoms with Gasteiger partial charge in [-0.05, 0) is 50.7 Å². The van der Waals surface area contributed by atoms with Gasteiger partial charge in [0.05, 0.1) is 0 Å². The lowest BCUT2D eigenvalue weighted by molar-refractivity contribution is -0.147. The molecule has 1 aromatic rings. The smallest absolute Gasteiger partial charge is 0.271 e. The number of amides is 2. The van der Waals surface area contributed by atoms with Gasteiger partial charge in [0, 0.05) is 51.5 Å². The van der Waals surface area contributed by atoms with Crippen molar-refractivity contribution in [2.75, 3.05) is 32.8 Å². The van der Waals surface area contributed by atoms with Crippen LogP contribution < -0.4 is 0 Å². The molecule has 1 unspecified atom stereocenters. The van der Waals surface area contributed by atoms with Crippen LogP contribution in [0.2, 0.25) is 0 Å². The molecule has 0 radical (unpaired) electrons. The van der Waals surface area contributed by atoms with Crippen LogP contribution in [0.4, 0.5) is 0 Å². The third kappa shape index (κ3) is 2.94. The summed E-state index contributed by atoms with van der Waals surface area (Å²) in [5.41, 5.74) is 0.533. The highest BCUT2D eigenvalue weighted by Gasteiger charge is 2.52. The van der Waals surface area contributed by atoms with Gasteiger partial charge in [0.2, 0.25) is 5.91 Å². The summed E-state index contributed by atoms with van der Waals surface area (Å²) >= 11 is 0. The molecule has 6 heteroatoms. The first-order valence-electron chi connectivity index (χ1n) is 9.91. The number of ether oxygens (including phenoxy) is 1. The summed E-state index contributed by atoms with van der Waals surface area (Å²) in [4.78, 5) is 30.7. The van der Waals surface area contributed by atoms with Crippen LogP contribution in [-0.4, -0.2) is 65.1 Å². The summed E-state index contributed by atoms with van der Waals surface area (Å²) in [5.74, 6) is 0.146. The van der Waals surface area contributed by atoms with Crippen LogP contribution in [0.5, 0.6) is 0 Å². The molecule has 1 atom stereocenters. The maximum atomic E-state index is 13.5. The fourth-order valence-electron chi connectivity index (χ4n) is 5.05. The molecular weight excluding hydrogens is 330 g/mol. The van der Waals surface area contributed by atoms with Crippen LogP contribution in [0.3, 0.4) is 0 Å².